The minimum atomic E-state index is 0.0405. The summed E-state index contributed by atoms with van der Waals surface area (Å²) in [6.07, 6.45) is 3.76. The van der Waals surface area contributed by atoms with Crippen molar-refractivity contribution < 1.29 is 4.74 Å². The van der Waals surface area contributed by atoms with Gasteiger partial charge in [-0.15, -0.1) is 0 Å². The second-order valence-corrected chi connectivity index (χ2v) is 2.23. The van der Waals surface area contributed by atoms with Crippen molar-refractivity contribution >= 4 is 0 Å². The zero-order valence-electron chi connectivity index (χ0n) is 5.72. The van der Waals surface area contributed by atoms with Crippen LogP contribution in [0.15, 0.2) is 23.7 Å². The fourth-order valence-electron chi connectivity index (χ4n) is 0.912. The van der Waals surface area contributed by atoms with E-state index in [4.69, 9.17) is 10.5 Å². The second kappa shape index (κ2) is 2.23. The fraction of sp³-hybridized carbons (Fsp3) is 0.429. The van der Waals surface area contributed by atoms with Gasteiger partial charge in [-0.25, -0.2) is 0 Å². The lowest BCUT2D eigenvalue weighted by molar-refractivity contribution is 0.297. The van der Waals surface area contributed by atoms with Crippen molar-refractivity contribution in [1.82, 2.24) is 0 Å². The fourth-order valence-corrected chi connectivity index (χ4v) is 0.912. The highest BCUT2D eigenvalue weighted by Gasteiger charge is 2.04. The largest absolute Gasteiger partial charge is 0.467 e. The molecule has 0 aliphatic carbocycles. The average Bonchev–Trinajstić information content (AvgIpc) is 1.59. The molecule has 0 aromatic carbocycles. The first-order valence-corrected chi connectivity index (χ1v) is 2.99. The van der Waals surface area contributed by atoms with Crippen molar-refractivity contribution in [2.45, 2.75) is 19.9 Å². The van der Waals surface area contributed by atoms with Crippen LogP contribution in [0.3, 0.4) is 0 Å². The maximum Gasteiger partial charge on any atom is 0.0983 e. The van der Waals surface area contributed by atoms with Gasteiger partial charge in [-0.3, -0.25) is 0 Å². The Balaban J connectivity index is 2.69. The summed E-state index contributed by atoms with van der Waals surface area (Å²) in [7, 11) is 0. The lowest BCUT2D eigenvalue weighted by Gasteiger charge is -2.13. The Morgan fingerprint density at radius 3 is 2.11 bits per heavy atom. The van der Waals surface area contributed by atoms with Gasteiger partial charge >= 0.3 is 0 Å². The van der Waals surface area contributed by atoms with Crippen molar-refractivity contribution in [3.8, 4) is 0 Å². The van der Waals surface area contributed by atoms with E-state index < -0.39 is 0 Å². The van der Waals surface area contributed by atoms with Crippen LogP contribution in [-0.2, 0) is 4.74 Å². The molecule has 0 aromatic rings. The Bertz CT molecular complexity index is 152. The van der Waals surface area contributed by atoms with Gasteiger partial charge < -0.3 is 10.5 Å². The Morgan fingerprint density at radius 1 is 1.33 bits per heavy atom. The van der Waals surface area contributed by atoms with E-state index in [1.165, 1.54) is 0 Å². The van der Waals surface area contributed by atoms with Gasteiger partial charge in [-0.2, -0.15) is 0 Å². The predicted octanol–water partition coefficient (Wildman–Crippen LogP) is 1.15. The van der Waals surface area contributed by atoms with Gasteiger partial charge in [0.25, 0.3) is 0 Å². The van der Waals surface area contributed by atoms with Gasteiger partial charge in [0, 0.05) is 6.04 Å². The minimum absolute atomic E-state index is 0.0405. The van der Waals surface area contributed by atoms with E-state index in [-0.39, 0.29) is 6.04 Å². The molecule has 0 bridgehead atoms. The number of ether oxygens (including phenoxy) is 1. The highest BCUT2D eigenvalue weighted by Crippen LogP contribution is 2.11. The quantitative estimate of drug-likeness (QED) is 0.527. The molecule has 1 aliphatic heterocycles. The van der Waals surface area contributed by atoms with Gasteiger partial charge in [-0.05, 0) is 26.0 Å². The molecule has 0 amide bonds. The Morgan fingerprint density at radius 2 is 1.78 bits per heavy atom. The molecule has 0 aromatic heterocycles. The van der Waals surface area contributed by atoms with Crippen LogP contribution in [0, 0.1) is 0 Å². The number of rotatable bonds is 0. The molecule has 2 nitrogen and oxygen atoms in total. The molecule has 1 heterocycles. The smallest absolute Gasteiger partial charge is 0.0983 e. The second-order valence-electron chi connectivity index (χ2n) is 2.23. The molecule has 50 valence electrons. The van der Waals surface area contributed by atoms with Crippen LogP contribution in [0.5, 0.6) is 0 Å². The van der Waals surface area contributed by atoms with Crippen LogP contribution in [0.1, 0.15) is 13.8 Å². The lowest BCUT2D eigenvalue weighted by Crippen LogP contribution is -2.18. The molecule has 0 unspecified atom stereocenters. The van der Waals surface area contributed by atoms with E-state index in [0.29, 0.717) is 0 Å². The van der Waals surface area contributed by atoms with E-state index in [1.54, 1.807) is 0 Å². The predicted molar refractivity (Wildman–Crippen MR) is 36.6 cm³/mol. The first kappa shape index (κ1) is 6.36. The van der Waals surface area contributed by atoms with E-state index in [1.807, 2.05) is 26.0 Å². The summed E-state index contributed by atoms with van der Waals surface area (Å²) in [6, 6.07) is 0.0405. The summed E-state index contributed by atoms with van der Waals surface area (Å²) >= 11 is 0. The van der Waals surface area contributed by atoms with E-state index in [2.05, 4.69) is 0 Å². The molecule has 1 aliphatic rings. The van der Waals surface area contributed by atoms with Crippen LogP contribution >= 0.6 is 0 Å². The Kier molecular flexibility index (Phi) is 1.58. The lowest BCUT2D eigenvalue weighted by atomic mass is 10.2. The first-order chi connectivity index (χ1) is 4.18. The molecular weight excluding hydrogens is 114 g/mol. The third-order valence-corrected chi connectivity index (χ3v) is 1.18. The molecule has 1 rings (SSSR count). The SMILES string of the molecule is CC1=CC(N)C=C(C)O1. The van der Waals surface area contributed by atoms with Gasteiger partial charge in [0.05, 0.1) is 11.5 Å². The summed E-state index contributed by atoms with van der Waals surface area (Å²) in [5.74, 6) is 1.78. The summed E-state index contributed by atoms with van der Waals surface area (Å²) in [5.41, 5.74) is 5.58. The maximum atomic E-state index is 5.58. The maximum absolute atomic E-state index is 5.58. The minimum Gasteiger partial charge on any atom is -0.467 e. The molecule has 0 saturated carbocycles. The van der Waals surface area contributed by atoms with Gasteiger partial charge in [-0.1, -0.05) is 0 Å². The number of nitrogens with two attached hydrogens (primary N) is 1. The first-order valence-electron chi connectivity index (χ1n) is 2.99. The standard InChI is InChI=1S/C7H11NO/c1-5-3-7(8)4-6(2)9-5/h3-4,7H,8H2,1-2H3. The van der Waals surface area contributed by atoms with Crippen molar-refractivity contribution in [2.24, 2.45) is 5.73 Å². The van der Waals surface area contributed by atoms with E-state index in [9.17, 15) is 0 Å². The van der Waals surface area contributed by atoms with Crippen molar-refractivity contribution in [2.75, 3.05) is 0 Å². The molecule has 0 saturated heterocycles. The molecular formula is C7H11NO. The zero-order valence-corrected chi connectivity index (χ0v) is 5.72. The zero-order chi connectivity index (χ0) is 6.85. The summed E-state index contributed by atoms with van der Waals surface area (Å²) in [5, 5.41) is 0. The molecule has 2 N–H and O–H groups in total. The highest BCUT2D eigenvalue weighted by molar-refractivity contribution is 5.15. The number of allylic oxidation sites excluding steroid dienone is 2. The van der Waals surface area contributed by atoms with Gasteiger partial charge in [0.2, 0.25) is 0 Å². The van der Waals surface area contributed by atoms with Crippen molar-refractivity contribution in [1.29, 1.82) is 0 Å². The number of hydrogen-bond acceptors (Lipinski definition) is 2. The third kappa shape index (κ3) is 1.57. The van der Waals surface area contributed by atoms with Crippen molar-refractivity contribution in [3.05, 3.63) is 23.7 Å². The Hall–Kier alpha value is -0.760. The van der Waals surface area contributed by atoms with Crippen LogP contribution in [0.4, 0.5) is 0 Å². The summed E-state index contributed by atoms with van der Waals surface area (Å²) in [4.78, 5) is 0. The molecule has 0 spiro atoms. The Labute approximate surface area is 55.0 Å². The van der Waals surface area contributed by atoms with Crippen LogP contribution in [0.25, 0.3) is 0 Å². The molecule has 0 radical (unpaired) electrons. The molecule has 2 heteroatoms. The monoisotopic (exact) mass is 125 g/mol. The van der Waals surface area contributed by atoms with Crippen molar-refractivity contribution in [3.63, 3.8) is 0 Å². The van der Waals surface area contributed by atoms with Crippen LogP contribution in [-0.4, -0.2) is 6.04 Å². The molecule has 0 atom stereocenters. The molecule has 0 fully saturated rings. The van der Waals surface area contributed by atoms with E-state index >= 15 is 0 Å². The van der Waals surface area contributed by atoms with E-state index in [0.717, 1.165) is 11.5 Å². The van der Waals surface area contributed by atoms with Crippen LogP contribution in [0.2, 0.25) is 0 Å². The normalized spacial score (nSPS) is 20.3. The average molecular weight is 125 g/mol. The van der Waals surface area contributed by atoms with Crippen LogP contribution < -0.4 is 5.73 Å². The topological polar surface area (TPSA) is 35.2 Å². The molecule has 9 heavy (non-hydrogen) atoms. The highest BCUT2D eigenvalue weighted by atomic mass is 16.5. The summed E-state index contributed by atoms with van der Waals surface area (Å²) in [6.45, 7) is 3.80. The third-order valence-electron chi connectivity index (χ3n) is 1.18. The van der Waals surface area contributed by atoms with Gasteiger partial charge in [0.1, 0.15) is 0 Å². The van der Waals surface area contributed by atoms with Gasteiger partial charge in [0.15, 0.2) is 0 Å². The summed E-state index contributed by atoms with van der Waals surface area (Å²) < 4.78 is 5.20. The number of hydrogen-bond donors (Lipinski definition) is 1.